The molecule has 2 rings (SSSR count). The van der Waals surface area contributed by atoms with Gasteiger partial charge in [-0.15, -0.1) is 0 Å². The first kappa shape index (κ1) is 8.49. The van der Waals surface area contributed by atoms with Crippen molar-refractivity contribution in [2.45, 2.75) is 27.2 Å². The molecule has 1 nitrogen and oxygen atoms in total. The number of allylic oxidation sites excluding steroid dienone is 1. The van der Waals surface area contributed by atoms with E-state index in [0.29, 0.717) is 5.92 Å². The third-order valence-electron chi connectivity index (χ3n) is 2.85. The lowest BCUT2D eigenvalue weighted by atomic mass is 9.86. The van der Waals surface area contributed by atoms with Gasteiger partial charge in [-0.05, 0) is 43.4 Å². The molecule has 13 heavy (non-hydrogen) atoms. The third-order valence-corrected chi connectivity index (χ3v) is 2.85. The zero-order chi connectivity index (χ0) is 9.42. The molecule has 1 aliphatic carbocycles. The Morgan fingerprint density at radius 3 is 2.92 bits per heavy atom. The van der Waals surface area contributed by atoms with E-state index in [2.05, 4.69) is 31.0 Å². The van der Waals surface area contributed by atoms with Crippen molar-refractivity contribution in [2.24, 2.45) is 5.92 Å². The summed E-state index contributed by atoms with van der Waals surface area (Å²) < 4.78 is 0. The fourth-order valence-corrected chi connectivity index (χ4v) is 1.79. The van der Waals surface area contributed by atoms with Crippen molar-refractivity contribution >= 4 is 6.08 Å². The van der Waals surface area contributed by atoms with Crippen molar-refractivity contribution < 1.29 is 0 Å². The Hall–Kier alpha value is -1.11. The summed E-state index contributed by atoms with van der Waals surface area (Å²) in [4.78, 5) is 4.32. The molecule has 1 heterocycles. The molecule has 1 unspecified atom stereocenters. The molecular weight excluding hydrogens is 158 g/mol. The summed E-state index contributed by atoms with van der Waals surface area (Å²) in [6, 6.07) is 2.17. The second-order valence-electron chi connectivity index (χ2n) is 4.02. The highest BCUT2D eigenvalue weighted by Crippen LogP contribution is 2.27. The number of aromatic nitrogens is 1. The van der Waals surface area contributed by atoms with Crippen molar-refractivity contribution in [2.75, 3.05) is 0 Å². The number of hydrogen-bond acceptors (Lipinski definition) is 1. The minimum atomic E-state index is 0.678. The van der Waals surface area contributed by atoms with Crippen molar-refractivity contribution in [3.8, 4) is 0 Å². The van der Waals surface area contributed by atoms with Gasteiger partial charge in [-0.3, -0.25) is 4.98 Å². The van der Waals surface area contributed by atoms with E-state index in [9.17, 15) is 0 Å². The van der Waals surface area contributed by atoms with E-state index in [4.69, 9.17) is 0 Å². The first-order chi connectivity index (χ1) is 6.16. The summed E-state index contributed by atoms with van der Waals surface area (Å²) in [7, 11) is 0. The monoisotopic (exact) mass is 173 g/mol. The lowest BCUT2D eigenvalue weighted by Crippen LogP contribution is -2.08. The smallest absolute Gasteiger partial charge is 0.0378 e. The maximum Gasteiger partial charge on any atom is 0.0378 e. The van der Waals surface area contributed by atoms with Gasteiger partial charge in [0.1, 0.15) is 0 Å². The molecule has 68 valence electrons. The van der Waals surface area contributed by atoms with Crippen LogP contribution >= 0.6 is 0 Å². The lowest BCUT2D eigenvalue weighted by molar-refractivity contribution is 0.669. The standard InChI is InChI=1S/C12H15N/c1-8-4-11-6-10(3)13-7-12(11)5-9(8)2/h4,6-7,9H,5H2,1-3H3. The van der Waals surface area contributed by atoms with Crippen LogP contribution in [0.1, 0.15) is 30.7 Å². The Labute approximate surface area is 79.5 Å². The SMILES string of the molecule is CC1=Cc2cc(C)ncc2CC1C. The largest absolute Gasteiger partial charge is 0.261 e. The van der Waals surface area contributed by atoms with Gasteiger partial charge in [0.05, 0.1) is 0 Å². The Morgan fingerprint density at radius 2 is 2.15 bits per heavy atom. The molecule has 1 aromatic rings. The molecule has 0 saturated carbocycles. The van der Waals surface area contributed by atoms with E-state index in [-0.39, 0.29) is 0 Å². The Bertz CT molecular complexity index is 363. The Kier molecular flexibility index (Phi) is 1.95. The minimum Gasteiger partial charge on any atom is -0.261 e. The molecule has 0 fully saturated rings. The van der Waals surface area contributed by atoms with Gasteiger partial charge in [-0.25, -0.2) is 0 Å². The van der Waals surface area contributed by atoms with Crippen LogP contribution < -0.4 is 0 Å². The first-order valence-corrected chi connectivity index (χ1v) is 4.80. The van der Waals surface area contributed by atoms with Crippen molar-refractivity contribution in [3.63, 3.8) is 0 Å². The van der Waals surface area contributed by atoms with E-state index in [1.807, 2.05) is 13.1 Å². The molecule has 1 aliphatic rings. The average molecular weight is 173 g/mol. The summed E-state index contributed by atoms with van der Waals surface area (Å²) >= 11 is 0. The third kappa shape index (κ3) is 1.51. The number of aryl methyl sites for hydroxylation is 1. The van der Waals surface area contributed by atoms with Gasteiger partial charge in [0, 0.05) is 11.9 Å². The predicted octanol–water partition coefficient (Wildman–Crippen LogP) is 2.99. The van der Waals surface area contributed by atoms with Crippen LogP contribution in [-0.2, 0) is 6.42 Å². The van der Waals surface area contributed by atoms with Crippen LogP contribution in [0.15, 0.2) is 17.8 Å². The molecular formula is C12H15N. The number of pyridine rings is 1. The summed E-state index contributed by atoms with van der Waals surface area (Å²) in [6.07, 6.45) is 5.45. The summed E-state index contributed by atoms with van der Waals surface area (Å²) in [5.41, 5.74) is 5.35. The van der Waals surface area contributed by atoms with Crippen LogP contribution in [0.25, 0.3) is 6.08 Å². The quantitative estimate of drug-likeness (QED) is 0.587. The fraction of sp³-hybridized carbons (Fsp3) is 0.417. The van der Waals surface area contributed by atoms with Gasteiger partial charge >= 0.3 is 0 Å². The highest BCUT2D eigenvalue weighted by Gasteiger charge is 2.14. The molecule has 1 heteroatoms. The van der Waals surface area contributed by atoms with Crippen LogP contribution in [0.3, 0.4) is 0 Å². The molecule has 0 bridgehead atoms. The molecule has 0 aromatic carbocycles. The van der Waals surface area contributed by atoms with E-state index >= 15 is 0 Å². The number of rotatable bonds is 0. The number of nitrogens with zero attached hydrogens (tertiary/aromatic N) is 1. The van der Waals surface area contributed by atoms with Crippen LogP contribution in [0.5, 0.6) is 0 Å². The molecule has 0 amide bonds. The molecule has 1 aromatic heterocycles. The number of hydrogen-bond donors (Lipinski definition) is 0. The lowest BCUT2D eigenvalue weighted by Gasteiger charge is -2.20. The second kappa shape index (κ2) is 2.99. The summed E-state index contributed by atoms with van der Waals surface area (Å²) in [5.74, 6) is 0.678. The topological polar surface area (TPSA) is 12.9 Å². The van der Waals surface area contributed by atoms with Gasteiger partial charge in [0.25, 0.3) is 0 Å². The summed E-state index contributed by atoms with van der Waals surface area (Å²) in [6.45, 7) is 6.53. The summed E-state index contributed by atoms with van der Waals surface area (Å²) in [5, 5.41) is 0. The minimum absolute atomic E-state index is 0.678. The van der Waals surface area contributed by atoms with Crippen LogP contribution in [0.2, 0.25) is 0 Å². The van der Waals surface area contributed by atoms with Gasteiger partial charge < -0.3 is 0 Å². The van der Waals surface area contributed by atoms with Crippen molar-refractivity contribution in [1.29, 1.82) is 0 Å². The van der Waals surface area contributed by atoms with E-state index in [1.165, 1.54) is 16.7 Å². The van der Waals surface area contributed by atoms with Gasteiger partial charge in [-0.1, -0.05) is 18.6 Å². The van der Waals surface area contributed by atoms with Crippen molar-refractivity contribution in [1.82, 2.24) is 4.98 Å². The maximum atomic E-state index is 4.32. The number of fused-ring (bicyclic) bond motifs is 1. The molecule has 0 spiro atoms. The zero-order valence-corrected chi connectivity index (χ0v) is 8.46. The Morgan fingerprint density at radius 1 is 1.38 bits per heavy atom. The van der Waals surface area contributed by atoms with Crippen LogP contribution in [0.4, 0.5) is 0 Å². The highest BCUT2D eigenvalue weighted by atomic mass is 14.7. The van der Waals surface area contributed by atoms with Gasteiger partial charge in [0.2, 0.25) is 0 Å². The average Bonchev–Trinajstić information content (AvgIpc) is 2.08. The van der Waals surface area contributed by atoms with E-state index in [1.54, 1.807) is 0 Å². The van der Waals surface area contributed by atoms with E-state index < -0.39 is 0 Å². The van der Waals surface area contributed by atoms with Crippen LogP contribution in [0, 0.1) is 12.8 Å². The molecule has 0 aliphatic heterocycles. The van der Waals surface area contributed by atoms with Gasteiger partial charge in [0.15, 0.2) is 0 Å². The maximum absolute atomic E-state index is 4.32. The Balaban J connectivity index is 2.51. The van der Waals surface area contributed by atoms with Gasteiger partial charge in [-0.2, -0.15) is 0 Å². The zero-order valence-electron chi connectivity index (χ0n) is 8.46. The molecule has 0 saturated heterocycles. The first-order valence-electron chi connectivity index (χ1n) is 4.80. The molecule has 1 atom stereocenters. The predicted molar refractivity (Wildman–Crippen MR) is 55.5 cm³/mol. The molecule has 0 N–H and O–H groups in total. The normalized spacial score (nSPS) is 20.8. The van der Waals surface area contributed by atoms with E-state index in [0.717, 1.165) is 12.1 Å². The highest BCUT2D eigenvalue weighted by molar-refractivity contribution is 5.59. The fourth-order valence-electron chi connectivity index (χ4n) is 1.79. The van der Waals surface area contributed by atoms with Crippen molar-refractivity contribution in [3.05, 3.63) is 34.7 Å². The second-order valence-corrected chi connectivity index (χ2v) is 4.02. The molecule has 0 radical (unpaired) electrons. The van der Waals surface area contributed by atoms with Crippen LogP contribution in [-0.4, -0.2) is 4.98 Å².